The third-order valence-corrected chi connectivity index (χ3v) is 8.63. The van der Waals surface area contributed by atoms with Crippen LogP contribution in [0.4, 0.5) is 0 Å². The van der Waals surface area contributed by atoms with Crippen molar-refractivity contribution in [3.63, 3.8) is 0 Å². The van der Waals surface area contributed by atoms with E-state index in [4.69, 9.17) is 0 Å². The first-order valence-electron chi connectivity index (χ1n) is 14.6. The Kier molecular flexibility index (Phi) is 7.40. The van der Waals surface area contributed by atoms with Crippen molar-refractivity contribution in [1.29, 1.82) is 0 Å². The van der Waals surface area contributed by atoms with Crippen LogP contribution in [0.3, 0.4) is 0 Å². The van der Waals surface area contributed by atoms with Gasteiger partial charge in [0.1, 0.15) is 0 Å². The normalized spacial score (nSPS) is 13.7. The summed E-state index contributed by atoms with van der Waals surface area (Å²) in [6.45, 7) is 8.48. The Morgan fingerprint density at radius 1 is 0.732 bits per heavy atom. The Balaban J connectivity index is 1.73. The first-order chi connectivity index (χ1) is 20.1. The van der Waals surface area contributed by atoms with Gasteiger partial charge in [-0.15, -0.1) is 0 Å². The van der Waals surface area contributed by atoms with Gasteiger partial charge in [0, 0.05) is 5.41 Å². The third kappa shape index (κ3) is 4.81. The van der Waals surface area contributed by atoms with Gasteiger partial charge in [-0.3, -0.25) is 0 Å². The highest BCUT2D eigenvalue weighted by Crippen LogP contribution is 2.48. The molecule has 0 heteroatoms. The van der Waals surface area contributed by atoms with E-state index in [2.05, 4.69) is 160 Å². The van der Waals surface area contributed by atoms with E-state index in [1.807, 2.05) is 6.08 Å². The summed E-state index contributed by atoms with van der Waals surface area (Å²) in [5.74, 6) is 0. The number of benzene rings is 5. The Morgan fingerprint density at radius 2 is 1.34 bits per heavy atom. The Labute approximate surface area is 244 Å². The lowest BCUT2D eigenvalue weighted by Crippen LogP contribution is -2.26. The van der Waals surface area contributed by atoms with Gasteiger partial charge in [-0.1, -0.05) is 146 Å². The minimum absolute atomic E-state index is 0.385. The molecule has 200 valence electrons. The first kappa shape index (κ1) is 26.5. The van der Waals surface area contributed by atoms with E-state index < -0.39 is 0 Å². The summed E-state index contributed by atoms with van der Waals surface area (Å²) in [5.41, 5.74) is 10.9. The van der Waals surface area contributed by atoms with E-state index in [1.165, 1.54) is 55.3 Å². The molecule has 5 aromatic carbocycles. The minimum Gasteiger partial charge on any atom is -0.0985 e. The van der Waals surface area contributed by atoms with Crippen molar-refractivity contribution < 1.29 is 0 Å². The summed E-state index contributed by atoms with van der Waals surface area (Å²) in [4.78, 5) is 0. The molecule has 6 rings (SSSR count). The summed E-state index contributed by atoms with van der Waals surface area (Å²) >= 11 is 0. The molecule has 0 bridgehead atoms. The van der Waals surface area contributed by atoms with Crippen LogP contribution in [0.1, 0.15) is 54.5 Å². The monoisotopic (exact) mass is 528 g/mol. The predicted octanol–water partition coefficient (Wildman–Crippen LogP) is 11.2. The topological polar surface area (TPSA) is 0 Å². The fourth-order valence-corrected chi connectivity index (χ4v) is 6.39. The SMILES string of the molecule is C=C/C(=C\C)c1ccc(-c2c(C(C)(c3ccccc3)c3ccccc3)cc(C3=CCCC=C3)c3ccccc23)cc1. The molecule has 0 saturated carbocycles. The quantitative estimate of drug-likeness (QED) is 0.146. The molecule has 0 aliphatic heterocycles. The van der Waals surface area contributed by atoms with Gasteiger partial charge in [0.25, 0.3) is 0 Å². The highest BCUT2D eigenvalue weighted by atomic mass is 14.4. The van der Waals surface area contributed by atoms with E-state index in [-0.39, 0.29) is 5.41 Å². The highest BCUT2D eigenvalue weighted by molar-refractivity contribution is 6.06. The van der Waals surface area contributed by atoms with Gasteiger partial charge >= 0.3 is 0 Å². The van der Waals surface area contributed by atoms with Gasteiger partial charge in [-0.25, -0.2) is 0 Å². The molecule has 0 nitrogen and oxygen atoms in total. The van der Waals surface area contributed by atoms with Crippen LogP contribution in [0.5, 0.6) is 0 Å². The van der Waals surface area contributed by atoms with Crippen molar-refractivity contribution in [3.8, 4) is 11.1 Å². The number of allylic oxidation sites excluding steroid dienone is 7. The molecule has 0 radical (unpaired) electrons. The first-order valence-corrected chi connectivity index (χ1v) is 14.6. The molecule has 0 unspecified atom stereocenters. The fourth-order valence-electron chi connectivity index (χ4n) is 6.39. The van der Waals surface area contributed by atoms with E-state index >= 15 is 0 Å². The zero-order valence-corrected chi connectivity index (χ0v) is 24.0. The van der Waals surface area contributed by atoms with Crippen molar-refractivity contribution >= 4 is 21.9 Å². The molecule has 1 aliphatic rings. The molecular formula is C41H36. The second kappa shape index (κ2) is 11.4. The molecule has 0 spiro atoms. The molecule has 41 heavy (non-hydrogen) atoms. The maximum absolute atomic E-state index is 4.02. The molecule has 5 aromatic rings. The number of fused-ring (bicyclic) bond motifs is 1. The van der Waals surface area contributed by atoms with Crippen LogP contribution in [-0.2, 0) is 5.41 Å². The molecule has 0 aromatic heterocycles. The number of hydrogen-bond donors (Lipinski definition) is 0. The summed E-state index contributed by atoms with van der Waals surface area (Å²) in [5, 5.41) is 2.57. The van der Waals surface area contributed by atoms with Gasteiger partial charge in [0.15, 0.2) is 0 Å². The van der Waals surface area contributed by atoms with E-state index in [9.17, 15) is 0 Å². The van der Waals surface area contributed by atoms with Crippen molar-refractivity contribution in [2.24, 2.45) is 0 Å². The minimum atomic E-state index is -0.385. The molecule has 0 heterocycles. The van der Waals surface area contributed by atoms with Crippen LogP contribution in [-0.4, -0.2) is 0 Å². The average molecular weight is 529 g/mol. The predicted molar refractivity (Wildman–Crippen MR) is 178 cm³/mol. The zero-order chi connectivity index (χ0) is 28.2. The fraction of sp³-hybridized carbons (Fsp3) is 0.122. The van der Waals surface area contributed by atoms with Crippen LogP contribution in [0.15, 0.2) is 152 Å². The standard InChI is InChI=1S/C41H36/c1-4-30(5-2)31-25-27-33(28-26-31)40-37-24-16-15-23-36(37)38(32-17-9-6-10-18-32)29-39(40)41(3,34-19-11-7-12-20-34)35-21-13-8-14-22-35/h4-5,7-9,11-29H,1,6,10H2,2-3H3/b30-5+. The van der Waals surface area contributed by atoms with Crippen molar-refractivity contribution in [2.75, 3.05) is 0 Å². The largest absolute Gasteiger partial charge is 0.0985 e. The molecular weight excluding hydrogens is 492 g/mol. The number of rotatable bonds is 7. The van der Waals surface area contributed by atoms with Gasteiger partial charge in [0.2, 0.25) is 0 Å². The van der Waals surface area contributed by atoms with Crippen LogP contribution in [0.25, 0.3) is 33.0 Å². The lowest BCUT2D eigenvalue weighted by Gasteiger charge is -2.35. The third-order valence-electron chi connectivity index (χ3n) is 8.63. The lowest BCUT2D eigenvalue weighted by atomic mass is 9.67. The maximum atomic E-state index is 4.02. The highest BCUT2D eigenvalue weighted by Gasteiger charge is 2.35. The van der Waals surface area contributed by atoms with Gasteiger partial charge in [-0.05, 0) is 93.6 Å². The van der Waals surface area contributed by atoms with Gasteiger partial charge < -0.3 is 0 Å². The van der Waals surface area contributed by atoms with Gasteiger partial charge in [-0.2, -0.15) is 0 Å². The number of hydrogen-bond acceptors (Lipinski definition) is 0. The second-order valence-corrected chi connectivity index (χ2v) is 10.9. The van der Waals surface area contributed by atoms with Gasteiger partial charge in [0.05, 0.1) is 0 Å². The molecule has 0 amide bonds. The maximum Gasteiger partial charge on any atom is 0.0429 e. The van der Waals surface area contributed by atoms with Crippen molar-refractivity contribution in [1.82, 2.24) is 0 Å². The van der Waals surface area contributed by atoms with E-state index in [1.54, 1.807) is 0 Å². The smallest absolute Gasteiger partial charge is 0.0429 e. The summed E-state index contributed by atoms with van der Waals surface area (Å²) in [7, 11) is 0. The van der Waals surface area contributed by atoms with E-state index in [0.29, 0.717) is 0 Å². The molecule has 0 saturated heterocycles. The molecule has 1 aliphatic carbocycles. The zero-order valence-electron chi connectivity index (χ0n) is 24.0. The van der Waals surface area contributed by atoms with Crippen LogP contribution < -0.4 is 0 Å². The Hall–Kier alpha value is -4.68. The Bertz CT molecular complexity index is 1740. The summed E-state index contributed by atoms with van der Waals surface area (Å²) in [6, 6.07) is 42.4. The summed E-state index contributed by atoms with van der Waals surface area (Å²) < 4.78 is 0. The Morgan fingerprint density at radius 3 is 1.90 bits per heavy atom. The van der Waals surface area contributed by atoms with Crippen LogP contribution in [0.2, 0.25) is 0 Å². The van der Waals surface area contributed by atoms with Crippen molar-refractivity contribution in [3.05, 3.63) is 180 Å². The average Bonchev–Trinajstić information content (AvgIpc) is 3.06. The van der Waals surface area contributed by atoms with E-state index in [0.717, 1.165) is 18.4 Å². The van der Waals surface area contributed by atoms with Crippen LogP contribution in [0, 0.1) is 0 Å². The lowest BCUT2D eigenvalue weighted by molar-refractivity contribution is 0.695. The second-order valence-electron chi connectivity index (χ2n) is 10.9. The molecule has 0 atom stereocenters. The molecule has 0 N–H and O–H groups in total. The summed E-state index contributed by atoms with van der Waals surface area (Å²) in [6.07, 6.45) is 13.2. The molecule has 0 fully saturated rings. The van der Waals surface area contributed by atoms with Crippen LogP contribution >= 0.6 is 0 Å². The van der Waals surface area contributed by atoms with Crippen molar-refractivity contribution in [2.45, 2.75) is 32.1 Å².